The van der Waals surface area contributed by atoms with Crippen molar-refractivity contribution in [3.8, 4) is 0 Å². The van der Waals surface area contributed by atoms with Crippen LogP contribution in [0.15, 0.2) is 17.1 Å². The highest BCUT2D eigenvalue weighted by Crippen LogP contribution is 2.36. The summed E-state index contributed by atoms with van der Waals surface area (Å²) in [4.78, 5) is 39.3. The number of hydrogen-bond acceptors (Lipinski definition) is 4. The summed E-state index contributed by atoms with van der Waals surface area (Å²) in [5.41, 5.74) is 0. The van der Waals surface area contributed by atoms with Crippen molar-refractivity contribution in [3.05, 3.63) is 12.2 Å². The van der Waals surface area contributed by atoms with Crippen LogP contribution in [0.3, 0.4) is 0 Å². The SMILES string of the molecule is [2H]C([2H])([2H])N1CC(=O)OC(C2CC2)CCC/C=C/CCCC(=O)NC1=NC(=O)O. The van der Waals surface area contributed by atoms with Crippen molar-refractivity contribution in [2.45, 2.75) is 57.5 Å². The summed E-state index contributed by atoms with van der Waals surface area (Å²) in [5, 5.41) is 11.2. The number of cyclic esters (lactones) is 1. The lowest BCUT2D eigenvalue weighted by atomic mass is 10.1. The zero-order chi connectivity index (χ0) is 21.4. The van der Waals surface area contributed by atoms with Gasteiger partial charge in [0, 0.05) is 17.5 Å². The Hall–Kier alpha value is -2.38. The zero-order valence-electron chi connectivity index (χ0n) is 17.6. The molecule has 1 heterocycles. The molecule has 1 atom stereocenters. The topological polar surface area (TPSA) is 108 Å². The third kappa shape index (κ3) is 7.25. The number of nitrogens with one attached hydrogen (secondary N) is 1. The molecular weight excluding hydrogens is 338 g/mol. The van der Waals surface area contributed by atoms with Crippen molar-refractivity contribution in [2.24, 2.45) is 10.9 Å². The standard InChI is InChI=1S/C18H27N3O5/c1-21-12-16(23)26-14(13-10-11-13)8-6-4-2-3-5-7-9-15(22)19-17(21)20-18(24)25/h2-3,13-14H,4-12H2,1H3,(H,24,25)(H,19,20,22)/b3-2+/i1D3. The number of carboxylic acid groups (broad SMARTS) is 1. The second-order valence-corrected chi connectivity index (χ2v) is 6.51. The Morgan fingerprint density at radius 1 is 1.31 bits per heavy atom. The summed E-state index contributed by atoms with van der Waals surface area (Å²) in [6.07, 6.45) is 7.54. The Kier molecular flexibility index (Phi) is 6.05. The second-order valence-electron chi connectivity index (χ2n) is 6.51. The van der Waals surface area contributed by atoms with Crippen molar-refractivity contribution in [3.63, 3.8) is 0 Å². The van der Waals surface area contributed by atoms with Crippen LogP contribution in [0, 0.1) is 5.92 Å². The number of esters is 1. The van der Waals surface area contributed by atoms with Gasteiger partial charge in [0.15, 0.2) is 0 Å². The predicted octanol–water partition coefficient (Wildman–Crippen LogP) is 2.30. The maximum absolute atomic E-state index is 12.4. The highest BCUT2D eigenvalue weighted by atomic mass is 16.5. The summed E-state index contributed by atoms with van der Waals surface area (Å²) in [6.45, 7) is -3.64. The smallest absolute Gasteiger partial charge is 0.434 e. The number of rotatable bonds is 1. The molecular formula is C18H27N3O5. The molecule has 8 nitrogen and oxygen atoms in total. The van der Waals surface area contributed by atoms with E-state index in [1.807, 2.05) is 12.2 Å². The lowest BCUT2D eigenvalue weighted by molar-refractivity contribution is -0.150. The van der Waals surface area contributed by atoms with Crippen LogP contribution in [0.4, 0.5) is 4.79 Å². The summed E-state index contributed by atoms with van der Waals surface area (Å²) in [5.74, 6) is -1.81. The van der Waals surface area contributed by atoms with Crippen molar-refractivity contribution < 1.29 is 28.3 Å². The average Bonchev–Trinajstić information content (AvgIpc) is 3.43. The lowest BCUT2D eigenvalue weighted by Crippen LogP contribution is -2.45. The third-order valence-corrected chi connectivity index (χ3v) is 4.23. The van der Waals surface area contributed by atoms with Crippen LogP contribution in [0.2, 0.25) is 0 Å². The minimum atomic E-state index is -2.90. The van der Waals surface area contributed by atoms with Gasteiger partial charge in [0.2, 0.25) is 11.9 Å². The van der Waals surface area contributed by atoms with Gasteiger partial charge in [-0.3, -0.25) is 14.9 Å². The molecule has 0 saturated heterocycles. The van der Waals surface area contributed by atoms with Gasteiger partial charge in [-0.15, -0.1) is 4.99 Å². The van der Waals surface area contributed by atoms with Crippen molar-refractivity contribution in [2.75, 3.05) is 13.5 Å². The molecule has 2 amide bonds. The highest BCUT2D eigenvalue weighted by Gasteiger charge is 2.33. The fraction of sp³-hybridized carbons (Fsp3) is 0.667. The van der Waals surface area contributed by atoms with E-state index in [0.29, 0.717) is 24.2 Å². The van der Waals surface area contributed by atoms with Crippen LogP contribution in [0.5, 0.6) is 0 Å². The van der Waals surface area contributed by atoms with Gasteiger partial charge >= 0.3 is 12.1 Å². The van der Waals surface area contributed by atoms with Gasteiger partial charge in [-0.2, -0.15) is 0 Å². The molecule has 2 aliphatic rings. The van der Waals surface area contributed by atoms with E-state index in [1.165, 1.54) is 0 Å². The maximum Gasteiger partial charge on any atom is 0.434 e. The fourth-order valence-corrected chi connectivity index (χ4v) is 2.76. The summed E-state index contributed by atoms with van der Waals surface area (Å²) in [7, 11) is 0. The molecule has 0 radical (unpaired) electrons. The van der Waals surface area contributed by atoms with Crippen LogP contribution in [-0.4, -0.2) is 53.6 Å². The van der Waals surface area contributed by atoms with E-state index in [2.05, 4.69) is 10.3 Å². The Morgan fingerprint density at radius 3 is 2.69 bits per heavy atom. The molecule has 2 N–H and O–H groups in total. The Labute approximate surface area is 157 Å². The Morgan fingerprint density at radius 2 is 2.04 bits per heavy atom. The first-order valence-corrected chi connectivity index (χ1v) is 8.90. The third-order valence-electron chi connectivity index (χ3n) is 4.23. The minimum Gasteiger partial charge on any atom is -0.463 e. The van der Waals surface area contributed by atoms with E-state index in [9.17, 15) is 14.4 Å². The number of allylic oxidation sites excluding steroid dienone is 2. The van der Waals surface area contributed by atoms with Crippen LogP contribution in [0.25, 0.3) is 0 Å². The molecule has 0 aromatic carbocycles. The number of carbonyl (C=O) groups is 3. The molecule has 1 saturated carbocycles. The molecule has 0 aromatic rings. The lowest BCUT2D eigenvalue weighted by Gasteiger charge is -2.23. The molecule has 1 aliphatic heterocycles. The van der Waals surface area contributed by atoms with E-state index >= 15 is 0 Å². The second kappa shape index (κ2) is 9.94. The summed E-state index contributed by atoms with van der Waals surface area (Å²) in [6, 6.07) is 0. The van der Waals surface area contributed by atoms with E-state index in [1.54, 1.807) is 0 Å². The average molecular weight is 368 g/mol. The van der Waals surface area contributed by atoms with Gasteiger partial charge in [0.25, 0.3) is 0 Å². The van der Waals surface area contributed by atoms with Crippen molar-refractivity contribution >= 4 is 23.9 Å². The van der Waals surface area contributed by atoms with Crippen LogP contribution in [0.1, 0.15) is 55.5 Å². The number of guanidine groups is 1. The first-order valence-electron chi connectivity index (χ1n) is 10.4. The first kappa shape index (κ1) is 15.8. The summed E-state index contributed by atoms with van der Waals surface area (Å²) < 4.78 is 28.5. The number of nitrogens with zero attached hydrogens (tertiary/aromatic N) is 2. The normalized spacial score (nSPS) is 29.1. The first-order chi connectivity index (χ1) is 13.7. The molecule has 1 fully saturated rings. The van der Waals surface area contributed by atoms with E-state index < -0.39 is 37.4 Å². The summed E-state index contributed by atoms with van der Waals surface area (Å²) >= 11 is 0. The van der Waals surface area contributed by atoms with Gasteiger partial charge in [-0.25, -0.2) is 4.79 Å². The zero-order valence-corrected chi connectivity index (χ0v) is 14.6. The van der Waals surface area contributed by atoms with Gasteiger partial charge in [-0.05, 0) is 50.9 Å². The number of hydrogen-bond donors (Lipinski definition) is 2. The molecule has 144 valence electrons. The molecule has 0 bridgehead atoms. The van der Waals surface area contributed by atoms with Crippen molar-refractivity contribution in [1.82, 2.24) is 10.2 Å². The van der Waals surface area contributed by atoms with Gasteiger partial charge < -0.3 is 14.7 Å². The Bertz CT molecular complexity index is 674. The Balaban J connectivity index is 2.25. The van der Waals surface area contributed by atoms with Crippen LogP contribution < -0.4 is 5.32 Å². The molecule has 26 heavy (non-hydrogen) atoms. The van der Waals surface area contributed by atoms with Gasteiger partial charge in [-0.1, -0.05) is 12.2 Å². The van der Waals surface area contributed by atoms with E-state index in [-0.39, 0.29) is 18.4 Å². The number of aliphatic imine (C=N–C) groups is 1. The number of ether oxygens (including phenoxy) is 1. The van der Waals surface area contributed by atoms with Gasteiger partial charge in [0.1, 0.15) is 12.6 Å². The number of amides is 2. The number of carbonyl (C=O) groups excluding carboxylic acids is 2. The number of likely N-dealkylation sites (N-methyl/N-ethyl adjacent to an activating group) is 1. The fourth-order valence-electron chi connectivity index (χ4n) is 2.76. The minimum absolute atomic E-state index is 0.0615. The van der Waals surface area contributed by atoms with Gasteiger partial charge in [0.05, 0.1) is 0 Å². The quantitative estimate of drug-likeness (QED) is 0.543. The largest absolute Gasteiger partial charge is 0.463 e. The predicted molar refractivity (Wildman–Crippen MR) is 95.7 cm³/mol. The van der Waals surface area contributed by atoms with E-state index in [4.69, 9.17) is 14.0 Å². The molecule has 8 heteroatoms. The highest BCUT2D eigenvalue weighted by molar-refractivity contribution is 6.01. The molecule has 0 aromatic heterocycles. The molecule has 1 unspecified atom stereocenters. The van der Waals surface area contributed by atoms with Crippen LogP contribution in [-0.2, 0) is 14.3 Å². The monoisotopic (exact) mass is 368 g/mol. The van der Waals surface area contributed by atoms with E-state index in [0.717, 1.165) is 25.7 Å². The molecule has 0 spiro atoms. The maximum atomic E-state index is 12.4. The molecule has 1 aliphatic carbocycles. The van der Waals surface area contributed by atoms with Crippen LogP contribution >= 0.6 is 0 Å². The van der Waals surface area contributed by atoms with Crippen molar-refractivity contribution in [1.29, 1.82) is 0 Å². The molecule has 2 rings (SSSR count).